The van der Waals surface area contributed by atoms with E-state index in [0.717, 1.165) is 21.1 Å². The molecule has 0 atom stereocenters. The van der Waals surface area contributed by atoms with Gasteiger partial charge in [-0.05, 0) is 30.3 Å². The molecule has 0 aliphatic rings. The number of hydrogen-bond acceptors (Lipinski definition) is 8. The summed E-state index contributed by atoms with van der Waals surface area (Å²) in [6.45, 7) is 0.408. The molecule has 2 aromatic carbocycles. The summed E-state index contributed by atoms with van der Waals surface area (Å²) in [5.74, 6) is 6.08. The van der Waals surface area contributed by atoms with Crippen molar-refractivity contribution in [2.45, 2.75) is 12.8 Å². The van der Waals surface area contributed by atoms with Crippen LogP contribution in [0.15, 0.2) is 48.0 Å². The molecule has 0 saturated carbocycles. The second kappa shape index (κ2) is 9.47. The molecule has 0 fully saturated rings. The van der Waals surface area contributed by atoms with Crippen molar-refractivity contribution in [3.05, 3.63) is 58.5 Å². The van der Waals surface area contributed by atoms with Crippen LogP contribution in [0.5, 0.6) is 5.75 Å². The Kier molecular flexibility index (Phi) is 6.31. The second-order valence-electron chi connectivity index (χ2n) is 6.60. The number of carbonyl (C=O) groups is 1. The van der Waals surface area contributed by atoms with E-state index in [9.17, 15) is 9.90 Å². The molecular formula is C22H19N5O2S2. The van der Waals surface area contributed by atoms with E-state index in [1.165, 1.54) is 11.3 Å². The van der Waals surface area contributed by atoms with Crippen LogP contribution >= 0.6 is 22.7 Å². The van der Waals surface area contributed by atoms with E-state index in [-0.39, 0.29) is 11.7 Å². The lowest BCUT2D eigenvalue weighted by molar-refractivity contribution is -0.116. The Labute approximate surface area is 187 Å². The van der Waals surface area contributed by atoms with Crippen molar-refractivity contribution < 1.29 is 9.90 Å². The number of phenolic OH excluding ortho intramolecular Hbond substituents is 1. The quantitative estimate of drug-likeness (QED) is 0.330. The zero-order valence-electron chi connectivity index (χ0n) is 16.4. The predicted molar refractivity (Wildman–Crippen MR) is 127 cm³/mol. The highest BCUT2D eigenvalue weighted by Gasteiger charge is 2.07. The normalized spacial score (nSPS) is 10.5. The van der Waals surface area contributed by atoms with Crippen LogP contribution in [0.4, 0.5) is 16.5 Å². The molecule has 1 amide bonds. The second-order valence-corrected chi connectivity index (χ2v) is 8.65. The van der Waals surface area contributed by atoms with Gasteiger partial charge >= 0.3 is 0 Å². The fourth-order valence-electron chi connectivity index (χ4n) is 2.92. The van der Waals surface area contributed by atoms with Gasteiger partial charge in [0.25, 0.3) is 0 Å². The van der Waals surface area contributed by atoms with Gasteiger partial charge in [0, 0.05) is 41.4 Å². The third-order valence-electron chi connectivity index (χ3n) is 4.30. The zero-order chi connectivity index (χ0) is 21.6. The van der Waals surface area contributed by atoms with Crippen LogP contribution in [0.25, 0.3) is 10.2 Å². The third kappa shape index (κ3) is 5.51. The van der Waals surface area contributed by atoms with Gasteiger partial charge in [0.15, 0.2) is 5.13 Å². The molecule has 0 unspecified atom stereocenters. The van der Waals surface area contributed by atoms with Gasteiger partial charge in [-0.1, -0.05) is 29.2 Å². The van der Waals surface area contributed by atoms with Crippen LogP contribution < -0.4 is 16.4 Å². The number of hydrogen-bond donors (Lipinski definition) is 4. The molecule has 31 heavy (non-hydrogen) atoms. The molecule has 0 aliphatic carbocycles. The average molecular weight is 450 g/mol. The Morgan fingerprint density at radius 3 is 2.94 bits per heavy atom. The number of aryl methyl sites for hydroxylation is 1. The fourth-order valence-corrected chi connectivity index (χ4v) is 4.34. The van der Waals surface area contributed by atoms with Gasteiger partial charge in [-0.3, -0.25) is 4.79 Å². The maximum atomic E-state index is 12.1. The number of nitrogens with zero attached hydrogens (tertiary/aromatic N) is 2. The maximum Gasteiger partial charge on any atom is 0.224 e. The minimum atomic E-state index is -0.0500. The largest absolute Gasteiger partial charge is 0.506 e. The Morgan fingerprint density at radius 1 is 1.23 bits per heavy atom. The number of phenols is 1. The first kappa shape index (κ1) is 20.7. The summed E-state index contributed by atoms with van der Waals surface area (Å²) >= 11 is 2.86. The van der Waals surface area contributed by atoms with Crippen LogP contribution in [0, 0.1) is 11.8 Å². The molecule has 4 aromatic rings. The topological polar surface area (TPSA) is 113 Å². The van der Waals surface area contributed by atoms with Gasteiger partial charge in [0.1, 0.15) is 11.3 Å². The number of amides is 1. The number of nitrogens with one attached hydrogen (secondary N) is 2. The highest BCUT2D eigenvalue weighted by atomic mass is 32.1. The number of rotatable bonds is 6. The van der Waals surface area contributed by atoms with E-state index < -0.39 is 0 Å². The lowest BCUT2D eigenvalue weighted by Crippen LogP contribution is -2.12. The molecule has 2 aromatic heterocycles. The zero-order valence-corrected chi connectivity index (χ0v) is 18.0. The molecule has 2 heterocycles. The molecule has 0 spiro atoms. The SMILES string of the molecule is Nc1nc2c(O)cc(C#CCNc3cccc(NC(=O)CCc4nccs4)c3)cc2s1. The van der Waals surface area contributed by atoms with Gasteiger partial charge in [-0.25, -0.2) is 9.97 Å². The van der Waals surface area contributed by atoms with Crippen molar-refractivity contribution in [1.29, 1.82) is 0 Å². The number of carbonyl (C=O) groups excluding carboxylic acids is 1. The lowest BCUT2D eigenvalue weighted by Gasteiger charge is -2.07. The number of benzene rings is 2. The number of aromatic hydroxyl groups is 1. The molecule has 0 bridgehead atoms. The summed E-state index contributed by atoms with van der Waals surface area (Å²) in [4.78, 5) is 20.4. The van der Waals surface area contributed by atoms with E-state index >= 15 is 0 Å². The molecule has 0 saturated heterocycles. The number of anilines is 3. The van der Waals surface area contributed by atoms with Crippen LogP contribution in [0.1, 0.15) is 17.0 Å². The van der Waals surface area contributed by atoms with Gasteiger partial charge in [0.05, 0.1) is 16.3 Å². The third-order valence-corrected chi connectivity index (χ3v) is 5.97. The van der Waals surface area contributed by atoms with Gasteiger partial charge in [-0.15, -0.1) is 11.3 Å². The van der Waals surface area contributed by atoms with Crippen LogP contribution in [0.2, 0.25) is 0 Å². The van der Waals surface area contributed by atoms with Crippen molar-refractivity contribution in [2.75, 3.05) is 22.9 Å². The molecule has 4 rings (SSSR count). The minimum Gasteiger partial charge on any atom is -0.506 e. The number of fused-ring (bicyclic) bond motifs is 1. The van der Waals surface area contributed by atoms with Crippen molar-refractivity contribution in [3.8, 4) is 17.6 Å². The smallest absolute Gasteiger partial charge is 0.224 e. The highest BCUT2D eigenvalue weighted by molar-refractivity contribution is 7.22. The van der Waals surface area contributed by atoms with Gasteiger partial charge in [0.2, 0.25) is 5.91 Å². The summed E-state index contributed by atoms with van der Waals surface area (Å²) in [6, 6.07) is 10.9. The number of aromatic nitrogens is 2. The van der Waals surface area contributed by atoms with Crippen molar-refractivity contribution >= 4 is 55.3 Å². The van der Waals surface area contributed by atoms with Crippen LogP contribution in [0.3, 0.4) is 0 Å². The summed E-state index contributed by atoms with van der Waals surface area (Å²) in [6.07, 6.45) is 2.76. The molecule has 5 N–H and O–H groups in total. The van der Waals surface area contributed by atoms with Crippen LogP contribution in [-0.2, 0) is 11.2 Å². The van der Waals surface area contributed by atoms with Gasteiger partial charge in [-0.2, -0.15) is 0 Å². The van der Waals surface area contributed by atoms with E-state index in [1.807, 2.05) is 35.7 Å². The number of nitrogens with two attached hydrogens (primary N) is 1. The average Bonchev–Trinajstić information content (AvgIpc) is 3.39. The predicted octanol–water partition coefficient (Wildman–Crippen LogP) is 4.08. The van der Waals surface area contributed by atoms with Crippen molar-refractivity contribution in [2.24, 2.45) is 0 Å². The lowest BCUT2D eigenvalue weighted by atomic mass is 10.2. The molecule has 156 valence electrons. The Hall–Kier alpha value is -3.61. The summed E-state index contributed by atoms with van der Waals surface area (Å²) < 4.78 is 0.799. The molecule has 9 heteroatoms. The highest BCUT2D eigenvalue weighted by Crippen LogP contribution is 2.31. The standard InChI is InChI=1S/C22H19N5O2S2/c23-22-27-21-17(28)11-14(12-18(21)31-22)3-2-8-24-15-4-1-5-16(13-15)26-19(29)6-7-20-25-9-10-30-20/h1,4-5,9-13,24,28H,6-8H2,(H2,23,27)(H,26,29). The Morgan fingerprint density at radius 2 is 2.10 bits per heavy atom. The first-order valence-corrected chi connectivity index (χ1v) is 11.2. The summed E-state index contributed by atoms with van der Waals surface area (Å²) in [5, 5.41) is 19.4. The first-order chi connectivity index (χ1) is 15.1. The summed E-state index contributed by atoms with van der Waals surface area (Å²) in [5.41, 5.74) is 8.46. The van der Waals surface area contributed by atoms with Crippen molar-refractivity contribution in [1.82, 2.24) is 9.97 Å². The Balaban J connectivity index is 1.32. The molecular weight excluding hydrogens is 430 g/mol. The first-order valence-electron chi connectivity index (χ1n) is 9.47. The molecule has 0 aliphatic heterocycles. The maximum absolute atomic E-state index is 12.1. The molecule has 7 nitrogen and oxygen atoms in total. The summed E-state index contributed by atoms with van der Waals surface area (Å²) in [7, 11) is 0. The fraction of sp³-hybridized carbons (Fsp3) is 0.136. The minimum absolute atomic E-state index is 0.0500. The number of nitrogen functional groups attached to an aromatic ring is 1. The van der Waals surface area contributed by atoms with Crippen LogP contribution in [-0.4, -0.2) is 27.5 Å². The van der Waals surface area contributed by atoms with E-state index in [1.54, 1.807) is 23.6 Å². The monoisotopic (exact) mass is 449 g/mol. The van der Waals surface area contributed by atoms with Gasteiger partial charge < -0.3 is 21.5 Å². The van der Waals surface area contributed by atoms with E-state index in [2.05, 4.69) is 32.4 Å². The number of thiazole rings is 2. The van der Waals surface area contributed by atoms with Crippen molar-refractivity contribution in [3.63, 3.8) is 0 Å². The Bertz CT molecular complexity index is 1270. The molecule has 0 radical (unpaired) electrons. The van der Waals surface area contributed by atoms with E-state index in [0.29, 0.717) is 35.6 Å². The van der Waals surface area contributed by atoms with E-state index in [4.69, 9.17) is 5.73 Å².